The molecule has 10 nitrogen and oxygen atoms in total. The molecule has 162 valence electrons. The molecule has 0 spiro atoms. The number of fused-ring (bicyclic) bond motifs is 1. The van der Waals surface area contributed by atoms with Crippen molar-refractivity contribution in [1.82, 2.24) is 19.5 Å². The third-order valence-electron chi connectivity index (χ3n) is 5.01. The van der Waals surface area contributed by atoms with E-state index < -0.39 is 12.7 Å². The number of benzene rings is 1. The van der Waals surface area contributed by atoms with E-state index in [4.69, 9.17) is 10.5 Å². The lowest BCUT2D eigenvalue weighted by atomic mass is 10.3. The molecule has 3 aromatic rings. The summed E-state index contributed by atoms with van der Waals surface area (Å²) >= 11 is 0. The van der Waals surface area contributed by atoms with Crippen LogP contribution in [-0.4, -0.2) is 68.9 Å². The number of morpholine rings is 1. The van der Waals surface area contributed by atoms with Crippen LogP contribution in [0.1, 0.15) is 17.8 Å². The average molecular weight is 423 g/mol. The second-order valence-electron chi connectivity index (χ2n) is 7.11. The number of rotatable bonds is 6. The maximum Gasteiger partial charge on any atom is 0.179 e. The zero-order valence-electron chi connectivity index (χ0n) is 17.2. The van der Waals surface area contributed by atoms with Gasteiger partial charge in [0.25, 0.3) is 0 Å². The molecule has 10 heteroatoms. The Bertz CT molecular complexity index is 1110. The topological polar surface area (TPSA) is 135 Å². The molecular formula is C21H25N7O3. The van der Waals surface area contributed by atoms with E-state index >= 15 is 0 Å². The Balaban J connectivity index is 1.77. The SMILES string of the molecule is Cn1c(C(O)CO)nc2c(N3CCOCC3)nc(/C(N)=C/C=Nc3ccccc3)nc21. The van der Waals surface area contributed by atoms with E-state index in [0.29, 0.717) is 60.6 Å². The second-order valence-corrected chi connectivity index (χ2v) is 7.11. The Kier molecular flexibility index (Phi) is 6.21. The molecule has 0 aliphatic carbocycles. The van der Waals surface area contributed by atoms with Crippen LogP contribution in [0.15, 0.2) is 41.4 Å². The van der Waals surface area contributed by atoms with Crippen LogP contribution in [0.3, 0.4) is 0 Å². The lowest BCUT2D eigenvalue weighted by Gasteiger charge is -2.28. The highest BCUT2D eigenvalue weighted by Crippen LogP contribution is 2.27. The fourth-order valence-electron chi connectivity index (χ4n) is 3.36. The van der Waals surface area contributed by atoms with E-state index in [9.17, 15) is 10.2 Å². The highest BCUT2D eigenvalue weighted by atomic mass is 16.5. The average Bonchev–Trinajstić information content (AvgIpc) is 3.15. The van der Waals surface area contributed by atoms with Gasteiger partial charge < -0.3 is 30.2 Å². The van der Waals surface area contributed by atoms with Crippen molar-refractivity contribution >= 4 is 34.6 Å². The van der Waals surface area contributed by atoms with Crippen LogP contribution in [0.4, 0.5) is 11.5 Å². The minimum absolute atomic E-state index is 0.312. The number of aliphatic hydroxyl groups excluding tert-OH is 2. The summed E-state index contributed by atoms with van der Waals surface area (Å²) in [4.78, 5) is 20.2. The highest BCUT2D eigenvalue weighted by molar-refractivity contribution is 5.88. The van der Waals surface area contributed by atoms with Gasteiger partial charge in [-0.25, -0.2) is 15.0 Å². The van der Waals surface area contributed by atoms with Gasteiger partial charge in [0.2, 0.25) is 0 Å². The molecule has 0 radical (unpaired) electrons. The smallest absolute Gasteiger partial charge is 0.179 e. The van der Waals surface area contributed by atoms with E-state index in [2.05, 4.69) is 24.8 Å². The number of anilines is 1. The van der Waals surface area contributed by atoms with Crippen LogP contribution in [-0.2, 0) is 11.8 Å². The fourth-order valence-corrected chi connectivity index (χ4v) is 3.36. The van der Waals surface area contributed by atoms with Crippen molar-refractivity contribution in [3.63, 3.8) is 0 Å². The molecular weight excluding hydrogens is 398 g/mol. The van der Waals surface area contributed by atoms with Gasteiger partial charge in [-0.2, -0.15) is 0 Å². The van der Waals surface area contributed by atoms with Gasteiger partial charge in [0, 0.05) is 26.4 Å². The molecule has 4 rings (SSSR count). The van der Waals surface area contributed by atoms with Crippen molar-refractivity contribution < 1.29 is 14.9 Å². The molecule has 3 heterocycles. The van der Waals surface area contributed by atoms with Crippen LogP contribution >= 0.6 is 0 Å². The van der Waals surface area contributed by atoms with Gasteiger partial charge in [0.05, 0.1) is 31.2 Å². The van der Waals surface area contributed by atoms with Gasteiger partial charge >= 0.3 is 0 Å². The first-order valence-electron chi connectivity index (χ1n) is 9.99. The summed E-state index contributed by atoms with van der Waals surface area (Å²) in [7, 11) is 1.74. The molecule has 1 unspecified atom stereocenters. The summed E-state index contributed by atoms with van der Waals surface area (Å²) in [6, 6.07) is 9.53. The summed E-state index contributed by atoms with van der Waals surface area (Å²) in [6.07, 6.45) is 2.14. The molecule has 1 aromatic carbocycles. The highest BCUT2D eigenvalue weighted by Gasteiger charge is 2.24. The number of nitrogens with two attached hydrogens (primary N) is 1. The first-order valence-corrected chi connectivity index (χ1v) is 9.99. The number of nitrogens with zero attached hydrogens (tertiary/aromatic N) is 6. The Morgan fingerprint density at radius 1 is 1.23 bits per heavy atom. The van der Waals surface area contributed by atoms with Crippen molar-refractivity contribution in [1.29, 1.82) is 0 Å². The first kappa shape index (κ1) is 20.9. The summed E-state index contributed by atoms with van der Waals surface area (Å²) < 4.78 is 7.10. The molecule has 0 amide bonds. The summed E-state index contributed by atoms with van der Waals surface area (Å²) in [5, 5.41) is 19.5. The standard InChI is InChI=1S/C21H25N7O3/c1-27-19(16(30)13-29)24-17-20(27)25-18(26-21(17)28-9-11-31-12-10-28)15(22)7-8-23-14-5-3-2-4-6-14/h2-8,16,29-30H,9-13,22H2,1H3/b15-7-,23-8?. The largest absolute Gasteiger partial charge is 0.396 e. The van der Waals surface area contributed by atoms with E-state index in [1.54, 1.807) is 23.9 Å². The number of aliphatic hydroxyl groups is 2. The van der Waals surface area contributed by atoms with E-state index in [0.717, 1.165) is 5.69 Å². The maximum absolute atomic E-state index is 10.1. The van der Waals surface area contributed by atoms with Crippen molar-refractivity contribution in [2.45, 2.75) is 6.10 Å². The molecule has 1 atom stereocenters. The predicted molar refractivity (Wildman–Crippen MR) is 118 cm³/mol. The number of aryl methyl sites for hydroxylation is 1. The second kappa shape index (κ2) is 9.21. The molecule has 2 aromatic heterocycles. The lowest BCUT2D eigenvalue weighted by molar-refractivity contribution is 0.0868. The Hall–Kier alpha value is -3.34. The summed E-state index contributed by atoms with van der Waals surface area (Å²) in [6.45, 7) is 2.02. The van der Waals surface area contributed by atoms with Crippen LogP contribution in [0.25, 0.3) is 16.9 Å². The number of para-hydroxylation sites is 1. The van der Waals surface area contributed by atoms with Gasteiger partial charge in [0.1, 0.15) is 11.9 Å². The molecule has 1 aliphatic heterocycles. The Labute approximate surface area is 179 Å². The van der Waals surface area contributed by atoms with E-state index in [1.165, 1.54) is 0 Å². The monoisotopic (exact) mass is 423 g/mol. The number of aliphatic imine (C=N–C) groups is 1. The molecule has 31 heavy (non-hydrogen) atoms. The van der Waals surface area contributed by atoms with Crippen molar-refractivity contribution in [2.24, 2.45) is 17.8 Å². The van der Waals surface area contributed by atoms with Gasteiger partial charge in [0.15, 0.2) is 22.8 Å². The number of ether oxygens (including phenoxy) is 1. The van der Waals surface area contributed by atoms with Gasteiger partial charge in [-0.15, -0.1) is 0 Å². The van der Waals surface area contributed by atoms with E-state index in [1.807, 2.05) is 30.3 Å². The quantitative estimate of drug-likeness (QED) is 0.498. The number of hydrogen-bond acceptors (Lipinski definition) is 9. The van der Waals surface area contributed by atoms with Gasteiger partial charge in [-0.3, -0.25) is 4.99 Å². The van der Waals surface area contributed by atoms with Crippen molar-refractivity contribution in [3.8, 4) is 0 Å². The third kappa shape index (κ3) is 4.41. The minimum atomic E-state index is -1.12. The van der Waals surface area contributed by atoms with Crippen LogP contribution in [0.5, 0.6) is 0 Å². The molecule has 1 fully saturated rings. The molecule has 1 aliphatic rings. The Morgan fingerprint density at radius 2 is 1.97 bits per heavy atom. The van der Waals surface area contributed by atoms with Crippen LogP contribution in [0, 0.1) is 0 Å². The first-order chi connectivity index (χ1) is 15.1. The predicted octanol–water partition coefficient (Wildman–Crippen LogP) is 0.928. The summed E-state index contributed by atoms with van der Waals surface area (Å²) in [5.74, 6) is 1.26. The zero-order chi connectivity index (χ0) is 21.8. The zero-order valence-corrected chi connectivity index (χ0v) is 17.2. The Morgan fingerprint density at radius 3 is 2.68 bits per heavy atom. The number of allylic oxidation sites excluding steroid dienone is 1. The van der Waals surface area contributed by atoms with Crippen molar-refractivity contribution in [3.05, 3.63) is 48.1 Å². The number of hydrogen-bond donors (Lipinski definition) is 3. The molecule has 4 N–H and O–H groups in total. The van der Waals surface area contributed by atoms with Gasteiger partial charge in [-0.05, 0) is 18.2 Å². The molecule has 0 saturated carbocycles. The maximum atomic E-state index is 10.1. The molecule has 1 saturated heterocycles. The third-order valence-corrected chi connectivity index (χ3v) is 5.01. The van der Waals surface area contributed by atoms with Crippen LogP contribution in [0.2, 0.25) is 0 Å². The molecule has 0 bridgehead atoms. The normalized spacial score (nSPS) is 16.4. The number of aromatic nitrogens is 4. The lowest BCUT2D eigenvalue weighted by Crippen LogP contribution is -2.37. The van der Waals surface area contributed by atoms with Crippen molar-refractivity contribution in [2.75, 3.05) is 37.8 Å². The van der Waals surface area contributed by atoms with Gasteiger partial charge in [-0.1, -0.05) is 18.2 Å². The minimum Gasteiger partial charge on any atom is -0.396 e. The fraction of sp³-hybridized carbons (Fsp3) is 0.333. The summed E-state index contributed by atoms with van der Waals surface area (Å²) in [5.41, 5.74) is 8.50. The number of imidazole rings is 1. The van der Waals surface area contributed by atoms with E-state index in [-0.39, 0.29) is 0 Å². The van der Waals surface area contributed by atoms with Crippen LogP contribution < -0.4 is 10.6 Å².